The molecule has 3 saturated heterocycles. The minimum absolute atomic E-state index is 0.0456. The van der Waals surface area contributed by atoms with Crippen LogP contribution in [0.4, 0.5) is 0 Å². The van der Waals surface area contributed by atoms with E-state index in [2.05, 4.69) is 4.90 Å². The number of fused-ring (bicyclic) bond motifs is 1. The molecule has 45 heavy (non-hydrogen) atoms. The molecule has 8 aliphatic rings. The second-order valence-electron chi connectivity index (χ2n) is 17.6. The largest absolute Gasteiger partial charge is 0.372 e. The summed E-state index contributed by atoms with van der Waals surface area (Å²) in [6, 6.07) is 0.925. The predicted octanol–water partition coefficient (Wildman–Crippen LogP) is 8.14. The van der Waals surface area contributed by atoms with Gasteiger partial charge in [-0.05, 0) is 170 Å². The van der Waals surface area contributed by atoms with Crippen molar-refractivity contribution in [2.24, 2.45) is 47.3 Å². The Morgan fingerprint density at radius 2 is 1.13 bits per heavy atom. The average molecular weight is 642 g/mol. The first kappa shape index (κ1) is 31.8. The standard InChI is InChI=1S/C39H63NO4S/c41-35-25-36(29-7-2-1-3-8-29)44-39-34(35)11-4-12-37(39)45(42,43)33-19-17-27(18-20-33)26-13-15-28(16-14-26)32-23-30-9-5-21-40-22-6-10-31(24-32)38(30)40/h26-34,36-39H,1-25H2. The van der Waals surface area contributed by atoms with Crippen LogP contribution in [0.25, 0.3) is 0 Å². The maximum Gasteiger partial charge on any atom is 0.158 e. The topological polar surface area (TPSA) is 63.7 Å². The summed E-state index contributed by atoms with van der Waals surface area (Å²) >= 11 is 0. The third-order valence-corrected chi connectivity index (χ3v) is 18.2. The molecule has 0 amide bonds. The van der Waals surface area contributed by atoms with E-state index in [0.717, 1.165) is 92.9 Å². The Balaban J connectivity index is 0.848. The highest BCUT2D eigenvalue weighted by Crippen LogP contribution is 2.52. The molecular weight excluding hydrogens is 578 g/mol. The molecule has 8 rings (SSSR count). The molecule has 5 nitrogen and oxygen atoms in total. The van der Waals surface area contributed by atoms with E-state index in [9.17, 15) is 13.2 Å². The van der Waals surface area contributed by atoms with Crippen molar-refractivity contribution in [3.05, 3.63) is 0 Å². The monoisotopic (exact) mass is 641 g/mol. The summed E-state index contributed by atoms with van der Waals surface area (Å²) in [7, 11) is -3.31. The van der Waals surface area contributed by atoms with Gasteiger partial charge in [-0.3, -0.25) is 9.69 Å². The van der Waals surface area contributed by atoms with Crippen molar-refractivity contribution in [3.8, 4) is 0 Å². The summed E-state index contributed by atoms with van der Waals surface area (Å²) in [5, 5.41) is -0.678. The highest BCUT2D eigenvalue weighted by molar-refractivity contribution is 7.92. The minimum Gasteiger partial charge on any atom is -0.372 e. The van der Waals surface area contributed by atoms with Crippen LogP contribution in [-0.4, -0.2) is 60.9 Å². The van der Waals surface area contributed by atoms with Gasteiger partial charge in [0.1, 0.15) is 5.78 Å². The van der Waals surface area contributed by atoms with Crippen LogP contribution in [0.15, 0.2) is 0 Å². The van der Waals surface area contributed by atoms with Gasteiger partial charge in [-0.25, -0.2) is 8.42 Å². The van der Waals surface area contributed by atoms with Crippen LogP contribution in [0.5, 0.6) is 0 Å². The summed E-state index contributed by atoms with van der Waals surface area (Å²) in [5.41, 5.74) is 0. The molecular formula is C39H63NO4S. The van der Waals surface area contributed by atoms with Gasteiger partial charge in [0.25, 0.3) is 0 Å². The molecule has 0 aromatic heterocycles. The van der Waals surface area contributed by atoms with Gasteiger partial charge < -0.3 is 4.74 Å². The second-order valence-corrected chi connectivity index (χ2v) is 20.1. The molecule has 0 N–H and O–H groups in total. The third-order valence-electron chi connectivity index (χ3n) is 15.5. The van der Waals surface area contributed by atoms with Crippen molar-refractivity contribution >= 4 is 15.6 Å². The van der Waals surface area contributed by atoms with E-state index >= 15 is 0 Å². The zero-order valence-electron chi connectivity index (χ0n) is 28.2. The number of piperidine rings is 2. The van der Waals surface area contributed by atoms with E-state index in [0.29, 0.717) is 24.5 Å². The molecule has 0 aromatic carbocycles. The van der Waals surface area contributed by atoms with Gasteiger partial charge in [0.15, 0.2) is 9.84 Å². The SMILES string of the molecule is O=C1CC(C2CCCCC2)OC2C1CCCC2S(=O)(=O)C1CCC(C2CCC(C3CC4CCCN5CCCC(C3)C45)CC2)CC1. The molecule has 0 aromatic rings. The number of ketones is 1. The summed E-state index contributed by atoms with van der Waals surface area (Å²) in [6.07, 6.45) is 26.8. The van der Waals surface area contributed by atoms with E-state index in [4.69, 9.17) is 4.74 Å². The van der Waals surface area contributed by atoms with Gasteiger partial charge in [-0.1, -0.05) is 25.7 Å². The van der Waals surface area contributed by atoms with E-state index in [1.54, 1.807) is 0 Å². The molecule has 0 spiro atoms. The maximum absolute atomic E-state index is 14.3. The molecule has 0 radical (unpaired) electrons. The fourth-order valence-corrected chi connectivity index (χ4v) is 15.8. The number of ether oxygens (including phenoxy) is 1. The van der Waals surface area contributed by atoms with E-state index in [-0.39, 0.29) is 23.4 Å². The number of nitrogens with zero attached hydrogens (tertiary/aromatic N) is 1. The van der Waals surface area contributed by atoms with Crippen molar-refractivity contribution in [1.29, 1.82) is 0 Å². The first-order chi connectivity index (χ1) is 22.0. The maximum atomic E-state index is 14.3. The molecule has 254 valence electrons. The van der Waals surface area contributed by atoms with Gasteiger partial charge in [0.2, 0.25) is 0 Å². The molecule has 3 heterocycles. The van der Waals surface area contributed by atoms with E-state index < -0.39 is 15.1 Å². The number of carbonyl (C=O) groups excluding carboxylic acids is 1. The molecule has 6 heteroatoms. The smallest absolute Gasteiger partial charge is 0.158 e. The van der Waals surface area contributed by atoms with Gasteiger partial charge in [0, 0.05) is 18.4 Å². The van der Waals surface area contributed by atoms with Crippen LogP contribution < -0.4 is 0 Å². The van der Waals surface area contributed by atoms with Crippen LogP contribution in [-0.2, 0) is 19.4 Å². The molecule has 8 fully saturated rings. The number of rotatable bonds is 5. The Bertz CT molecular complexity index is 1110. The molecule has 0 bridgehead atoms. The Morgan fingerprint density at radius 3 is 1.78 bits per heavy atom. The first-order valence-electron chi connectivity index (χ1n) is 20.1. The summed E-state index contributed by atoms with van der Waals surface area (Å²) in [4.78, 5) is 16.2. The zero-order chi connectivity index (χ0) is 30.5. The van der Waals surface area contributed by atoms with Crippen LogP contribution in [0.1, 0.15) is 148 Å². The fourth-order valence-electron chi connectivity index (χ4n) is 13.2. The van der Waals surface area contributed by atoms with E-state index in [1.165, 1.54) is 96.6 Å². The highest BCUT2D eigenvalue weighted by atomic mass is 32.2. The van der Waals surface area contributed by atoms with Crippen molar-refractivity contribution in [3.63, 3.8) is 0 Å². The summed E-state index contributed by atoms with van der Waals surface area (Å²) < 4.78 is 35.3. The summed E-state index contributed by atoms with van der Waals surface area (Å²) in [5.74, 6) is 5.98. The predicted molar refractivity (Wildman–Crippen MR) is 180 cm³/mol. The van der Waals surface area contributed by atoms with Gasteiger partial charge in [-0.15, -0.1) is 0 Å². The normalized spacial score (nSPS) is 47.1. The first-order valence-corrected chi connectivity index (χ1v) is 21.7. The second kappa shape index (κ2) is 13.4. The molecule has 5 aliphatic carbocycles. The lowest BCUT2D eigenvalue weighted by molar-refractivity contribution is -0.157. The van der Waals surface area contributed by atoms with Gasteiger partial charge in [-0.2, -0.15) is 0 Å². The van der Waals surface area contributed by atoms with Crippen molar-refractivity contribution in [2.45, 2.75) is 176 Å². The minimum atomic E-state index is -3.31. The Hall–Kier alpha value is -0.460. The number of Topliss-reactive ketones (excluding diaryl/α,β-unsaturated/α-hetero) is 1. The van der Waals surface area contributed by atoms with Crippen LogP contribution in [0, 0.1) is 47.3 Å². The van der Waals surface area contributed by atoms with Crippen LogP contribution in [0.3, 0.4) is 0 Å². The number of carbonyl (C=O) groups is 1. The summed E-state index contributed by atoms with van der Waals surface area (Å²) in [6.45, 7) is 2.74. The third kappa shape index (κ3) is 6.26. The van der Waals surface area contributed by atoms with Gasteiger partial charge in [0.05, 0.1) is 22.7 Å². The lowest BCUT2D eigenvalue weighted by Crippen LogP contribution is -2.56. The van der Waals surface area contributed by atoms with Crippen molar-refractivity contribution < 1.29 is 17.9 Å². The van der Waals surface area contributed by atoms with E-state index in [1.807, 2.05) is 0 Å². The Morgan fingerprint density at radius 1 is 0.556 bits per heavy atom. The van der Waals surface area contributed by atoms with Crippen molar-refractivity contribution in [2.75, 3.05) is 13.1 Å². The van der Waals surface area contributed by atoms with Crippen LogP contribution in [0.2, 0.25) is 0 Å². The average Bonchev–Trinajstić information content (AvgIpc) is 3.09. The zero-order valence-corrected chi connectivity index (χ0v) is 29.0. The lowest BCUT2D eigenvalue weighted by Gasteiger charge is -2.55. The number of hydrogen-bond donors (Lipinski definition) is 0. The highest BCUT2D eigenvalue weighted by Gasteiger charge is 2.52. The molecule has 6 unspecified atom stereocenters. The molecule has 6 atom stereocenters. The van der Waals surface area contributed by atoms with Crippen LogP contribution >= 0.6 is 0 Å². The lowest BCUT2D eigenvalue weighted by atomic mass is 9.59. The number of hydrogen-bond acceptors (Lipinski definition) is 5. The Kier molecular flexibility index (Phi) is 9.50. The molecule has 5 saturated carbocycles. The van der Waals surface area contributed by atoms with Crippen molar-refractivity contribution in [1.82, 2.24) is 4.90 Å². The number of sulfone groups is 1. The quantitative estimate of drug-likeness (QED) is 0.303. The Labute approximate surface area is 274 Å². The fraction of sp³-hybridized carbons (Fsp3) is 0.974. The van der Waals surface area contributed by atoms with Gasteiger partial charge >= 0.3 is 0 Å². The molecule has 3 aliphatic heterocycles.